The fourth-order valence-corrected chi connectivity index (χ4v) is 2.64. The number of carbonyl (C=O) groups is 2. The van der Waals surface area contributed by atoms with Gasteiger partial charge in [-0.05, 0) is 36.8 Å². The Kier molecular flexibility index (Phi) is 5.04. The molecule has 1 heterocycles. The summed E-state index contributed by atoms with van der Waals surface area (Å²) in [6, 6.07) is 7.36. The van der Waals surface area contributed by atoms with Gasteiger partial charge < -0.3 is 10.1 Å². The Labute approximate surface area is 156 Å². The van der Waals surface area contributed by atoms with Crippen LogP contribution in [-0.2, 0) is 10.3 Å². The molecule has 3 rings (SSSR count). The van der Waals surface area contributed by atoms with Gasteiger partial charge in [0.25, 0.3) is 5.91 Å². The third kappa shape index (κ3) is 3.53. The minimum atomic E-state index is -3.00. The number of nitrogens with one attached hydrogen (secondary N) is 1. The largest absolute Gasteiger partial charge is 0.435 e. The molecule has 0 unspecified atom stereocenters. The molecule has 1 saturated heterocycles. The van der Waals surface area contributed by atoms with Crippen molar-refractivity contribution >= 4 is 18.2 Å². The highest BCUT2D eigenvalue weighted by Gasteiger charge is 2.49. The lowest BCUT2D eigenvalue weighted by atomic mass is 9.92. The quantitative estimate of drug-likeness (QED) is 0.480. The summed E-state index contributed by atoms with van der Waals surface area (Å²) in [4.78, 5) is 24.8. The number of ether oxygens (including phenoxy) is 1. The summed E-state index contributed by atoms with van der Waals surface area (Å²) < 4.78 is 56.0. The number of alkyl halides is 2. The standard InChI is InChI=1S/C18H13F4N3O3/c1-18(10-5-7-11(8-6-10)28-16(21)22)15(26)25(17(27)24-18)23-9-12-13(19)3-2-4-14(12)20/h2-9,16H,1H3,(H,24,27)/t18-/m0/s1. The van der Waals surface area contributed by atoms with E-state index in [1.807, 2.05) is 0 Å². The highest BCUT2D eigenvalue weighted by Crippen LogP contribution is 2.30. The monoisotopic (exact) mass is 395 g/mol. The second-order valence-electron chi connectivity index (χ2n) is 5.95. The molecule has 3 amide bonds. The number of benzene rings is 2. The molecule has 0 radical (unpaired) electrons. The number of urea groups is 1. The Morgan fingerprint density at radius 3 is 2.29 bits per heavy atom. The van der Waals surface area contributed by atoms with Crippen LogP contribution in [0.15, 0.2) is 47.6 Å². The zero-order chi connectivity index (χ0) is 20.5. The smallest absolute Gasteiger partial charge is 0.387 e. The van der Waals surface area contributed by atoms with Gasteiger partial charge in [0.05, 0.1) is 11.8 Å². The molecular formula is C18H13F4N3O3. The molecular weight excluding hydrogens is 382 g/mol. The van der Waals surface area contributed by atoms with E-state index < -0.39 is 41.3 Å². The lowest BCUT2D eigenvalue weighted by molar-refractivity contribution is -0.131. The topological polar surface area (TPSA) is 71.0 Å². The van der Waals surface area contributed by atoms with E-state index in [0.717, 1.165) is 24.4 Å². The van der Waals surface area contributed by atoms with Crippen molar-refractivity contribution in [3.05, 3.63) is 65.2 Å². The third-order valence-corrected chi connectivity index (χ3v) is 4.13. The molecule has 1 atom stereocenters. The van der Waals surface area contributed by atoms with Gasteiger partial charge in [0.15, 0.2) is 0 Å². The molecule has 2 aromatic rings. The van der Waals surface area contributed by atoms with Crippen molar-refractivity contribution in [2.24, 2.45) is 5.10 Å². The Morgan fingerprint density at radius 2 is 1.71 bits per heavy atom. The predicted molar refractivity (Wildman–Crippen MR) is 89.8 cm³/mol. The first-order valence-electron chi connectivity index (χ1n) is 7.92. The van der Waals surface area contributed by atoms with E-state index >= 15 is 0 Å². The summed E-state index contributed by atoms with van der Waals surface area (Å²) in [5.74, 6) is -2.75. The molecule has 2 aromatic carbocycles. The van der Waals surface area contributed by atoms with E-state index in [-0.39, 0.29) is 11.3 Å². The molecule has 0 aliphatic carbocycles. The Hall–Kier alpha value is -3.43. The lowest BCUT2D eigenvalue weighted by Crippen LogP contribution is -2.40. The molecule has 10 heteroatoms. The van der Waals surface area contributed by atoms with Gasteiger partial charge in [-0.2, -0.15) is 13.9 Å². The predicted octanol–water partition coefficient (Wildman–Crippen LogP) is 3.37. The summed E-state index contributed by atoms with van der Waals surface area (Å²) in [7, 11) is 0. The maximum Gasteiger partial charge on any atom is 0.387 e. The van der Waals surface area contributed by atoms with Crippen molar-refractivity contribution in [2.45, 2.75) is 19.1 Å². The summed E-state index contributed by atoms with van der Waals surface area (Å²) in [5.41, 5.74) is -1.78. The number of nitrogens with zero attached hydrogens (tertiary/aromatic N) is 2. The molecule has 0 spiro atoms. The summed E-state index contributed by atoms with van der Waals surface area (Å²) in [5, 5.41) is 6.46. The fourth-order valence-electron chi connectivity index (χ4n) is 2.64. The molecule has 0 aromatic heterocycles. The molecule has 6 nitrogen and oxygen atoms in total. The van der Waals surface area contributed by atoms with Crippen LogP contribution in [0.5, 0.6) is 5.75 Å². The van der Waals surface area contributed by atoms with Crippen LogP contribution in [0.4, 0.5) is 22.4 Å². The lowest BCUT2D eigenvalue weighted by Gasteiger charge is -2.21. The highest BCUT2D eigenvalue weighted by molar-refractivity contribution is 6.07. The van der Waals surface area contributed by atoms with E-state index in [1.54, 1.807) is 0 Å². The molecule has 1 aliphatic heterocycles. The number of hydrogen-bond donors (Lipinski definition) is 1. The Balaban J connectivity index is 1.85. The van der Waals surface area contributed by atoms with Crippen LogP contribution < -0.4 is 10.1 Å². The van der Waals surface area contributed by atoms with Gasteiger partial charge in [-0.1, -0.05) is 18.2 Å². The first-order chi connectivity index (χ1) is 13.2. The number of rotatable bonds is 5. The Morgan fingerprint density at radius 1 is 1.11 bits per heavy atom. The van der Waals surface area contributed by atoms with Crippen LogP contribution in [0.1, 0.15) is 18.1 Å². The minimum Gasteiger partial charge on any atom is -0.435 e. The summed E-state index contributed by atoms with van der Waals surface area (Å²) in [6.07, 6.45) is 0.730. The summed E-state index contributed by atoms with van der Waals surface area (Å²) in [6.45, 7) is -1.62. The van der Waals surface area contributed by atoms with Crippen LogP contribution in [0.25, 0.3) is 0 Å². The van der Waals surface area contributed by atoms with Crippen molar-refractivity contribution in [3.8, 4) is 5.75 Å². The van der Waals surface area contributed by atoms with E-state index in [0.29, 0.717) is 5.01 Å². The number of imide groups is 1. The highest BCUT2D eigenvalue weighted by atomic mass is 19.3. The van der Waals surface area contributed by atoms with Gasteiger partial charge in [0.2, 0.25) is 0 Å². The number of carbonyl (C=O) groups excluding carboxylic acids is 2. The molecule has 0 saturated carbocycles. The second-order valence-corrected chi connectivity index (χ2v) is 5.95. The summed E-state index contributed by atoms with van der Waals surface area (Å²) >= 11 is 0. The maximum atomic E-state index is 13.7. The van der Waals surface area contributed by atoms with E-state index in [1.165, 1.54) is 31.2 Å². The maximum absolute atomic E-state index is 13.7. The zero-order valence-electron chi connectivity index (χ0n) is 14.3. The number of hydrogen-bond acceptors (Lipinski definition) is 4. The molecule has 0 bridgehead atoms. The van der Waals surface area contributed by atoms with Crippen molar-refractivity contribution in [2.75, 3.05) is 0 Å². The zero-order valence-corrected chi connectivity index (χ0v) is 14.3. The molecule has 1 aliphatic rings. The first kappa shape index (κ1) is 19.3. The molecule has 28 heavy (non-hydrogen) atoms. The average molecular weight is 395 g/mol. The molecule has 1 fully saturated rings. The van der Waals surface area contributed by atoms with Crippen molar-refractivity contribution < 1.29 is 31.9 Å². The van der Waals surface area contributed by atoms with E-state index in [4.69, 9.17) is 0 Å². The van der Waals surface area contributed by atoms with Crippen LogP contribution in [0.2, 0.25) is 0 Å². The number of hydrazone groups is 1. The van der Waals surface area contributed by atoms with Gasteiger partial charge in [0.1, 0.15) is 22.9 Å². The van der Waals surface area contributed by atoms with Crippen LogP contribution in [0, 0.1) is 11.6 Å². The van der Waals surface area contributed by atoms with Crippen molar-refractivity contribution in [3.63, 3.8) is 0 Å². The normalized spacial score (nSPS) is 19.6. The van der Waals surface area contributed by atoms with Gasteiger partial charge in [-0.25, -0.2) is 13.6 Å². The average Bonchev–Trinajstić information content (AvgIpc) is 2.85. The fraction of sp³-hybridized carbons (Fsp3) is 0.167. The minimum absolute atomic E-state index is 0.121. The van der Waals surface area contributed by atoms with Gasteiger partial charge >= 0.3 is 12.6 Å². The van der Waals surface area contributed by atoms with Crippen molar-refractivity contribution in [1.82, 2.24) is 10.3 Å². The van der Waals surface area contributed by atoms with Gasteiger partial charge in [-0.15, -0.1) is 5.01 Å². The Bertz CT molecular complexity index is 929. The van der Waals surface area contributed by atoms with Crippen molar-refractivity contribution in [1.29, 1.82) is 0 Å². The molecule has 1 N–H and O–H groups in total. The second kappa shape index (κ2) is 7.29. The number of halogens is 4. The van der Waals surface area contributed by atoms with Crippen LogP contribution in [-0.4, -0.2) is 29.8 Å². The van der Waals surface area contributed by atoms with E-state index in [9.17, 15) is 27.2 Å². The van der Waals surface area contributed by atoms with Gasteiger partial charge in [-0.3, -0.25) is 4.79 Å². The van der Waals surface area contributed by atoms with Gasteiger partial charge in [0, 0.05) is 0 Å². The van der Waals surface area contributed by atoms with E-state index in [2.05, 4.69) is 15.2 Å². The molecule has 146 valence electrons. The SMILES string of the molecule is C[C@@]1(c2ccc(OC(F)F)cc2)NC(=O)N(N=Cc2c(F)cccc2F)C1=O. The number of amides is 3. The first-order valence-corrected chi connectivity index (χ1v) is 7.92. The third-order valence-electron chi connectivity index (χ3n) is 4.13. The van der Waals surface area contributed by atoms with Crippen LogP contribution >= 0.6 is 0 Å². The van der Waals surface area contributed by atoms with Crippen LogP contribution in [0.3, 0.4) is 0 Å².